The molecule has 1 aliphatic carbocycles. The van der Waals surface area contributed by atoms with Crippen molar-refractivity contribution in [2.75, 3.05) is 0 Å². The lowest BCUT2D eigenvalue weighted by Crippen LogP contribution is -2.42. The Kier molecular flexibility index (Phi) is 1.59. The van der Waals surface area contributed by atoms with E-state index in [-0.39, 0.29) is 24.0 Å². The van der Waals surface area contributed by atoms with Gasteiger partial charge < -0.3 is 4.74 Å². The number of hydrogen-bond donors (Lipinski definition) is 0. The predicted molar refractivity (Wildman–Crippen MR) is 48.3 cm³/mol. The van der Waals surface area contributed by atoms with E-state index in [1.54, 1.807) is 0 Å². The summed E-state index contributed by atoms with van der Waals surface area (Å²) in [7, 11) is 0. The molecule has 4 atom stereocenters. The van der Waals surface area contributed by atoms with Crippen LogP contribution in [0.4, 0.5) is 0 Å². The van der Waals surface area contributed by atoms with Gasteiger partial charge in [0.05, 0.1) is 12.2 Å². The molecule has 0 amide bonds. The molecule has 0 radical (unpaired) electrons. The Morgan fingerprint density at radius 1 is 1.08 bits per heavy atom. The fourth-order valence-electron chi connectivity index (χ4n) is 2.89. The third-order valence-corrected chi connectivity index (χ3v) is 3.61. The van der Waals surface area contributed by atoms with Crippen molar-refractivity contribution in [3.8, 4) is 0 Å². The number of fused-ring (bicyclic) bond motifs is 6. The maximum atomic E-state index is 12.0. The minimum atomic E-state index is 0.117. The van der Waals surface area contributed by atoms with E-state index in [2.05, 4.69) is 12.2 Å². The van der Waals surface area contributed by atoms with Crippen molar-refractivity contribution in [1.29, 1.82) is 0 Å². The highest BCUT2D eigenvalue weighted by Crippen LogP contribution is 2.40. The molecule has 2 heteroatoms. The van der Waals surface area contributed by atoms with Crippen molar-refractivity contribution in [2.45, 2.75) is 37.9 Å². The first-order valence-corrected chi connectivity index (χ1v) is 5.24. The molecule has 3 rings (SSSR count). The number of ether oxygens (including phenoxy) is 1. The first-order valence-electron chi connectivity index (χ1n) is 5.24. The molecule has 0 aromatic carbocycles. The van der Waals surface area contributed by atoms with Crippen LogP contribution in [-0.2, 0) is 9.53 Å². The first kappa shape index (κ1) is 7.74. The Balaban J connectivity index is 1.99. The van der Waals surface area contributed by atoms with Gasteiger partial charge in [-0.15, -0.1) is 0 Å². The molecule has 0 spiro atoms. The monoisotopic (exact) mass is 178 g/mol. The molecule has 4 bridgehead atoms. The molecule has 13 heavy (non-hydrogen) atoms. The van der Waals surface area contributed by atoms with E-state index >= 15 is 0 Å². The Labute approximate surface area is 78.0 Å². The molecule has 0 aromatic rings. The molecule has 2 aliphatic heterocycles. The van der Waals surface area contributed by atoms with Crippen molar-refractivity contribution < 1.29 is 9.53 Å². The molecule has 2 heterocycles. The zero-order chi connectivity index (χ0) is 8.84. The summed E-state index contributed by atoms with van der Waals surface area (Å²) in [6, 6.07) is 0. The second-order valence-corrected chi connectivity index (χ2v) is 4.35. The lowest BCUT2D eigenvalue weighted by molar-refractivity contribution is -0.144. The average molecular weight is 178 g/mol. The molecule has 70 valence electrons. The van der Waals surface area contributed by atoms with Crippen LogP contribution in [0.25, 0.3) is 0 Å². The van der Waals surface area contributed by atoms with Crippen molar-refractivity contribution in [2.24, 2.45) is 11.8 Å². The second-order valence-electron chi connectivity index (χ2n) is 4.35. The fraction of sp³-hybridized carbons (Fsp3) is 0.727. The number of ketones is 1. The fourth-order valence-corrected chi connectivity index (χ4v) is 2.89. The van der Waals surface area contributed by atoms with Gasteiger partial charge in [0.15, 0.2) is 0 Å². The van der Waals surface area contributed by atoms with E-state index in [1.165, 1.54) is 12.8 Å². The van der Waals surface area contributed by atoms with Crippen LogP contribution >= 0.6 is 0 Å². The Morgan fingerprint density at radius 3 is 2.15 bits per heavy atom. The standard InChI is InChI=1S/C11H14O2/c12-11-7-3-1-2-4-8(11)10-6-5-9(7)13-10/h5-10H,1-4H2/t7-,8+,9-,10+. The van der Waals surface area contributed by atoms with Crippen molar-refractivity contribution in [3.63, 3.8) is 0 Å². The minimum absolute atomic E-state index is 0.117. The van der Waals surface area contributed by atoms with Gasteiger partial charge in [-0.25, -0.2) is 0 Å². The first-order chi connectivity index (χ1) is 6.36. The highest BCUT2D eigenvalue weighted by molar-refractivity contribution is 5.86. The summed E-state index contributed by atoms with van der Waals surface area (Å²) in [5, 5.41) is 0. The van der Waals surface area contributed by atoms with Crippen LogP contribution in [0.3, 0.4) is 0 Å². The maximum absolute atomic E-state index is 12.0. The van der Waals surface area contributed by atoms with Crippen LogP contribution in [0.5, 0.6) is 0 Å². The van der Waals surface area contributed by atoms with Gasteiger partial charge >= 0.3 is 0 Å². The molecule has 2 fully saturated rings. The van der Waals surface area contributed by atoms with E-state index in [0.29, 0.717) is 5.78 Å². The highest BCUT2D eigenvalue weighted by atomic mass is 16.5. The molecule has 1 saturated heterocycles. The molecule has 0 N–H and O–H groups in total. The summed E-state index contributed by atoms with van der Waals surface area (Å²) in [6.45, 7) is 0. The van der Waals surface area contributed by atoms with E-state index in [0.717, 1.165) is 12.8 Å². The molecule has 0 aromatic heterocycles. The zero-order valence-electron chi connectivity index (χ0n) is 7.61. The molecular formula is C11H14O2. The van der Waals surface area contributed by atoms with Crippen LogP contribution in [0.2, 0.25) is 0 Å². The van der Waals surface area contributed by atoms with Crippen molar-refractivity contribution >= 4 is 5.78 Å². The van der Waals surface area contributed by atoms with Crippen LogP contribution < -0.4 is 0 Å². The van der Waals surface area contributed by atoms with E-state index in [1.807, 2.05) is 0 Å². The van der Waals surface area contributed by atoms with E-state index < -0.39 is 0 Å². The Hall–Kier alpha value is -0.630. The van der Waals surface area contributed by atoms with Gasteiger partial charge in [-0.3, -0.25) is 4.79 Å². The number of carbonyl (C=O) groups is 1. The number of hydrogen-bond acceptors (Lipinski definition) is 2. The third-order valence-electron chi connectivity index (χ3n) is 3.61. The number of carbonyl (C=O) groups excluding carboxylic acids is 1. The van der Waals surface area contributed by atoms with Crippen LogP contribution in [0.15, 0.2) is 12.2 Å². The quantitative estimate of drug-likeness (QED) is 0.528. The largest absolute Gasteiger partial charge is 0.365 e. The second kappa shape index (κ2) is 2.68. The normalized spacial score (nSPS) is 47.8. The molecule has 2 nitrogen and oxygen atoms in total. The van der Waals surface area contributed by atoms with Crippen LogP contribution in [0.1, 0.15) is 25.7 Å². The average Bonchev–Trinajstić information content (AvgIpc) is 2.51. The van der Waals surface area contributed by atoms with Gasteiger partial charge in [0.2, 0.25) is 0 Å². The Morgan fingerprint density at radius 2 is 1.62 bits per heavy atom. The van der Waals surface area contributed by atoms with E-state index in [4.69, 9.17) is 4.74 Å². The third kappa shape index (κ3) is 1.01. The summed E-state index contributed by atoms with van der Waals surface area (Å²) < 4.78 is 5.78. The van der Waals surface area contributed by atoms with Gasteiger partial charge in [-0.2, -0.15) is 0 Å². The SMILES string of the molecule is O=C1[C@H]2CCCC[C@@H]1[C@H]1C=C[C@@H]2O1. The smallest absolute Gasteiger partial charge is 0.144 e. The lowest BCUT2D eigenvalue weighted by Gasteiger charge is -2.32. The maximum Gasteiger partial charge on any atom is 0.144 e. The topological polar surface area (TPSA) is 26.3 Å². The van der Waals surface area contributed by atoms with Gasteiger partial charge in [0, 0.05) is 11.8 Å². The summed E-state index contributed by atoms with van der Waals surface area (Å²) >= 11 is 0. The molecule has 0 unspecified atom stereocenters. The molecule has 3 aliphatic rings. The number of Topliss-reactive ketones (excluding diaryl/α,β-unsaturated/α-hetero) is 1. The lowest BCUT2D eigenvalue weighted by atomic mass is 9.84. The summed E-state index contributed by atoms with van der Waals surface area (Å²) in [6.07, 6.45) is 8.91. The van der Waals surface area contributed by atoms with E-state index in [9.17, 15) is 4.79 Å². The van der Waals surface area contributed by atoms with Gasteiger partial charge in [0.25, 0.3) is 0 Å². The van der Waals surface area contributed by atoms with Crippen LogP contribution in [-0.4, -0.2) is 18.0 Å². The van der Waals surface area contributed by atoms with Crippen molar-refractivity contribution in [1.82, 2.24) is 0 Å². The van der Waals surface area contributed by atoms with Gasteiger partial charge in [-0.05, 0) is 12.8 Å². The highest BCUT2D eigenvalue weighted by Gasteiger charge is 2.46. The summed E-state index contributed by atoms with van der Waals surface area (Å²) in [5.74, 6) is 0.841. The zero-order valence-corrected chi connectivity index (χ0v) is 7.61. The molecular weight excluding hydrogens is 164 g/mol. The number of rotatable bonds is 0. The Bertz CT molecular complexity index is 245. The minimum Gasteiger partial charge on any atom is -0.365 e. The summed E-state index contributed by atoms with van der Waals surface area (Å²) in [4.78, 5) is 12.0. The van der Waals surface area contributed by atoms with Gasteiger partial charge in [0.1, 0.15) is 5.78 Å². The van der Waals surface area contributed by atoms with Gasteiger partial charge in [-0.1, -0.05) is 25.0 Å². The van der Waals surface area contributed by atoms with Crippen molar-refractivity contribution in [3.05, 3.63) is 12.2 Å². The predicted octanol–water partition coefficient (Wildman–Crippen LogP) is 1.70. The summed E-state index contributed by atoms with van der Waals surface area (Å²) in [5.41, 5.74) is 0. The van der Waals surface area contributed by atoms with Crippen LogP contribution in [0, 0.1) is 11.8 Å². The molecule has 1 saturated carbocycles.